The molecule has 0 radical (unpaired) electrons. The fourth-order valence-electron chi connectivity index (χ4n) is 1.94. The highest BCUT2D eigenvalue weighted by Gasteiger charge is 2.14. The van der Waals surface area contributed by atoms with E-state index in [1.165, 1.54) is 12.1 Å². The van der Waals surface area contributed by atoms with E-state index in [0.29, 0.717) is 5.69 Å². The Hall–Kier alpha value is -1.91. The minimum atomic E-state index is -0.614. The standard InChI is InChI=1S/C15H19F2N3/c1-9(2)14-8-15(18-10(3)4)20(19-14)13-6-11(16)5-12(17)7-13/h5-10,18H,1-4H3. The number of aromatic nitrogens is 2. The molecule has 0 aliphatic rings. The number of halogens is 2. The van der Waals surface area contributed by atoms with Crippen molar-refractivity contribution in [3.05, 3.63) is 41.6 Å². The van der Waals surface area contributed by atoms with Gasteiger partial charge in [0.15, 0.2) is 0 Å². The number of hydrogen-bond donors (Lipinski definition) is 1. The van der Waals surface area contributed by atoms with Crippen molar-refractivity contribution < 1.29 is 8.78 Å². The lowest BCUT2D eigenvalue weighted by molar-refractivity contribution is 0.580. The van der Waals surface area contributed by atoms with Gasteiger partial charge in [-0.1, -0.05) is 13.8 Å². The Labute approximate surface area is 117 Å². The van der Waals surface area contributed by atoms with E-state index in [1.54, 1.807) is 4.68 Å². The topological polar surface area (TPSA) is 29.9 Å². The smallest absolute Gasteiger partial charge is 0.130 e. The molecule has 0 bridgehead atoms. The van der Waals surface area contributed by atoms with Crippen molar-refractivity contribution in [1.29, 1.82) is 0 Å². The van der Waals surface area contributed by atoms with Gasteiger partial charge in [-0.25, -0.2) is 13.5 Å². The lowest BCUT2D eigenvalue weighted by Crippen LogP contribution is -2.13. The lowest BCUT2D eigenvalue weighted by Gasteiger charge is -2.12. The number of rotatable bonds is 4. The molecule has 20 heavy (non-hydrogen) atoms. The SMILES string of the molecule is CC(C)Nc1cc(C(C)C)nn1-c1cc(F)cc(F)c1. The highest BCUT2D eigenvalue weighted by atomic mass is 19.1. The van der Waals surface area contributed by atoms with Gasteiger partial charge in [-0.15, -0.1) is 0 Å². The average Bonchev–Trinajstić information content (AvgIpc) is 2.70. The van der Waals surface area contributed by atoms with Crippen LogP contribution in [0.1, 0.15) is 39.3 Å². The van der Waals surface area contributed by atoms with Gasteiger partial charge in [0.25, 0.3) is 0 Å². The van der Waals surface area contributed by atoms with E-state index in [2.05, 4.69) is 10.4 Å². The molecule has 0 aliphatic heterocycles. The van der Waals surface area contributed by atoms with E-state index >= 15 is 0 Å². The molecule has 5 heteroatoms. The first-order valence-electron chi connectivity index (χ1n) is 6.69. The summed E-state index contributed by atoms with van der Waals surface area (Å²) in [6.07, 6.45) is 0. The van der Waals surface area contributed by atoms with Gasteiger partial charge >= 0.3 is 0 Å². The summed E-state index contributed by atoms with van der Waals surface area (Å²) in [6, 6.07) is 5.50. The second-order valence-corrected chi connectivity index (χ2v) is 5.45. The van der Waals surface area contributed by atoms with Crippen molar-refractivity contribution in [3.63, 3.8) is 0 Å². The monoisotopic (exact) mass is 279 g/mol. The molecule has 1 heterocycles. The van der Waals surface area contributed by atoms with Crippen LogP contribution in [-0.4, -0.2) is 15.8 Å². The molecule has 2 rings (SSSR count). The number of nitrogens with zero attached hydrogens (tertiary/aromatic N) is 2. The molecule has 2 aromatic rings. The fraction of sp³-hybridized carbons (Fsp3) is 0.400. The van der Waals surface area contributed by atoms with Crippen molar-refractivity contribution in [1.82, 2.24) is 9.78 Å². The molecule has 1 aromatic carbocycles. The summed E-state index contributed by atoms with van der Waals surface area (Å²) in [5, 5.41) is 7.68. The molecule has 0 fully saturated rings. The van der Waals surface area contributed by atoms with E-state index in [9.17, 15) is 8.78 Å². The van der Waals surface area contributed by atoms with Gasteiger partial charge in [0.05, 0.1) is 11.4 Å². The molecule has 108 valence electrons. The zero-order valence-electron chi connectivity index (χ0n) is 12.1. The first-order chi connectivity index (χ1) is 9.36. The first-order valence-corrected chi connectivity index (χ1v) is 6.69. The van der Waals surface area contributed by atoms with E-state index in [0.717, 1.165) is 17.6 Å². The van der Waals surface area contributed by atoms with Crippen molar-refractivity contribution in [2.75, 3.05) is 5.32 Å². The molecule has 0 atom stereocenters. The maximum atomic E-state index is 13.4. The second kappa shape index (κ2) is 5.61. The summed E-state index contributed by atoms with van der Waals surface area (Å²) in [4.78, 5) is 0. The zero-order chi connectivity index (χ0) is 14.9. The largest absolute Gasteiger partial charge is 0.368 e. The van der Waals surface area contributed by atoms with Crippen LogP contribution in [0.4, 0.5) is 14.6 Å². The molecular weight excluding hydrogens is 260 g/mol. The average molecular weight is 279 g/mol. The lowest BCUT2D eigenvalue weighted by atomic mass is 10.1. The van der Waals surface area contributed by atoms with Crippen LogP contribution in [0.5, 0.6) is 0 Å². The van der Waals surface area contributed by atoms with Gasteiger partial charge in [-0.05, 0) is 31.9 Å². The molecule has 0 spiro atoms. The van der Waals surface area contributed by atoms with Crippen molar-refractivity contribution in [2.45, 2.75) is 39.7 Å². The maximum Gasteiger partial charge on any atom is 0.130 e. The van der Waals surface area contributed by atoms with Gasteiger partial charge in [-0.3, -0.25) is 0 Å². The zero-order valence-corrected chi connectivity index (χ0v) is 12.1. The molecular formula is C15H19F2N3. The summed E-state index contributed by atoms with van der Waals surface area (Å²) < 4.78 is 28.3. The summed E-state index contributed by atoms with van der Waals surface area (Å²) in [5.74, 6) is -0.259. The summed E-state index contributed by atoms with van der Waals surface area (Å²) in [5.41, 5.74) is 1.25. The van der Waals surface area contributed by atoms with Gasteiger partial charge in [0.1, 0.15) is 17.5 Å². The third-order valence-corrected chi connectivity index (χ3v) is 2.85. The molecule has 0 amide bonds. The predicted octanol–water partition coefficient (Wildman–Crippen LogP) is 4.09. The van der Waals surface area contributed by atoms with E-state index in [1.807, 2.05) is 33.8 Å². The summed E-state index contributed by atoms with van der Waals surface area (Å²) in [7, 11) is 0. The van der Waals surface area contributed by atoms with Crippen molar-refractivity contribution >= 4 is 5.82 Å². The number of benzene rings is 1. The molecule has 0 aliphatic carbocycles. The van der Waals surface area contributed by atoms with Crippen LogP contribution in [0.2, 0.25) is 0 Å². The summed E-state index contributed by atoms with van der Waals surface area (Å²) in [6.45, 7) is 8.05. The molecule has 3 nitrogen and oxygen atoms in total. The predicted molar refractivity (Wildman–Crippen MR) is 76.3 cm³/mol. The molecule has 0 saturated carbocycles. The van der Waals surface area contributed by atoms with E-state index in [-0.39, 0.29) is 12.0 Å². The highest BCUT2D eigenvalue weighted by molar-refractivity contribution is 5.47. The van der Waals surface area contributed by atoms with E-state index in [4.69, 9.17) is 0 Å². The minimum absolute atomic E-state index is 0.198. The Morgan fingerprint density at radius 3 is 2.10 bits per heavy atom. The Kier molecular flexibility index (Phi) is 4.06. The summed E-state index contributed by atoms with van der Waals surface area (Å²) >= 11 is 0. The normalized spacial score (nSPS) is 11.4. The van der Waals surface area contributed by atoms with Crippen LogP contribution in [0, 0.1) is 11.6 Å². The highest BCUT2D eigenvalue weighted by Crippen LogP contribution is 2.23. The molecule has 0 saturated heterocycles. The van der Waals surface area contributed by atoms with Crippen molar-refractivity contribution in [2.24, 2.45) is 0 Å². The van der Waals surface area contributed by atoms with Gasteiger partial charge < -0.3 is 5.32 Å². The Balaban J connectivity index is 2.52. The quantitative estimate of drug-likeness (QED) is 0.913. The van der Waals surface area contributed by atoms with Crippen LogP contribution in [0.25, 0.3) is 5.69 Å². The van der Waals surface area contributed by atoms with Crippen LogP contribution in [-0.2, 0) is 0 Å². The van der Waals surface area contributed by atoms with Gasteiger partial charge in [0.2, 0.25) is 0 Å². The maximum absolute atomic E-state index is 13.4. The van der Waals surface area contributed by atoms with Crippen LogP contribution >= 0.6 is 0 Å². The van der Waals surface area contributed by atoms with Crippen molar-refractivity contribution in [3.8, 4) is 5.69 Å². The fourth-order valence-corrected chi connectivity index (χ4v) is 1.94. The Morgan fingerprint density at radius 1 is 1.00 bits per heavy atom. The number of nitrogens with one attached hydrogen (secondary N) is 1. The van der Waals surface area contributed by atoms with Crippen LogP contribution in [0.15, 0.2) is 24.3 Å². The first kappa shape index (κ1) is 14.5. The third kappa shape index (κ3) is 3.15. The second-order valence-electron chi connectivity index (χ2n) is 5.45. The molecule has 1 aromatic heterocycles. The number of anilines is 1. The minimum Gasteiger partial charge on any atom is -0.368 e. The number of hydrogen-bond acceptors (Lipinski definition) is 2. The molecule has 1 N–H and O–H groups in total. The third-order valence-electron chi connectivity index (χ3n) is 2.85. The Bertz CT molecular complexity index is 583. The van der Waals surface area contributed by atoms with Gasteiger partial charge in [-0.2, -0.15) is 5.10 Å². The van der Waals surface area contributed by atoms with Crippen LogP contribution in [0.3, 0.4) is 0 Å². The van der Waals surface area contributed by atoms with Crippen LogP contribution < -0.4 is 5.32 Å². The van der Waals surface area contributed by atoms with Gasteiger partial charge in [0, 0.05) is 18.2 Å². The van der Waals surface area contributed by atoms with E-state index < -0.39 is 11.6 Å². The Morgan fingerprint density at radius 2 is 1.60 bits per heavy atom. The molecule has 0 unspecified atom stereocenters.